The summed E-state index contributed by atoms with van der Waals surface area (Å²) < 4.78 is 25.7. The second kappa shape index (κ2) is 8.31. The molecule has 2 aliphatic heterocycles. The zero-order valence-corrected chi connectivity index (χ0v) is 17.4. The summed E-state index contributed by atoms with van der Waals surface area (Å²) in [6.45, 7) is 5.07. The predicted octanol–water partition coefficient (Wildman–Crippen LogP) is 3.43. The van der Waals surface area contributed by atoms with Gasteiger partial charge in [0.15, 0.2) is 9.84 Å². The van der Waals surface area contributed by atoms with E-state index >= 15 is 0 Å². The number of anilines is 2. The molecule has 1 N–H and O–H groups in total. The van der Waals surface area contributed by atoms with Crippen molar-refractivity contribution in [2.45, 2.75) is 11.7 Å². The summed E-state index contributed by atoms with van der Waals surface area (Å²) in [5.74, 6) is 0.238. The molecule has 0 radical (unpaired) electrons. The Morgan fingerprint density at radius 3 is 2.61 bits per heavy atom. The van der Waals surface area contributed by atoms with Crippen molar-refractivity contribution >= 4 is 32.8 Å². The molecule has 1 unspecified atom stereocenters. The first kappa shape index (κ1) is 19.6. The van der Waals surface area contributed by atoms with Crippen molar-refractivity contribution in [3.63, 3.8) is 0 Å². The number of halogens is 1. The molecule has 2 heterocycles. The fourth-order valence-electron chi connectivity index (χ4n) is 4.11. The number of para-hydroxylation sites is 1. The summed E-state index contributed by atoms with van der Waals surface area (Å²) in [5, 5.41) is 3.56. The molecular weight excluding hydrogens is 394 g/mol. The molecule has 2 aromatic carbocycles. The highest BCUT2D eigenvalue weighted by Gasteiger charge is 2.32. The summed E-state index contributed by atoms with van der Waals surface area (Å²) in [6, 6.07) is 15.7. The second-order valence-electron chi connectivity index (χ2n) is 7.49. The minimum absolute atomic E-state index is 0.238. The molecule has 7 heteroatoms. The Bertz CT molecular complexity index is 927. The van der Waals surface area contributed by atoms with Gasteiger partial charge in [0.25, 0.3) is 0 Å². The van der Waals surface area contributed by atoms with Gasteiger partial charge < -0.3 is 10.2 Å². The van der Waals surface area contributed by atoms with Gasteiger partial charge in [0.2, 0.25) is 0 Å². The zero-order chi connectivity index (χ0) is 19.6. The number of fused-ring (bicyclic) bond motifs is 1. The zero-order valence-electron chi connectivity index (χ0n) is 15.9. The van der Waals surface area contributed by atoms with Crippen LogP contribution in [0.4, 0.5) is 11.4 Å². The Hall–Kier alpha value is -1.76. The summed E-state index contributed by atoms with van der Waals surface area (Å²) >= 11 is 6.09. The first-order valence-electron chi connectivity index (χ1n) is 9.80. The van der Waals surface area contributed by atoms with Gasteiger partial charge in [-0.15, -0.1) is 0 Å². The average Bonchev–Trinajstić information content (AvgIpc) is 3.13. The van der Waals surface area contributed by atoms with E-state index in [2.05, 4.69) is 21.2 Å². The van der Waals surface area contributed by atoms with Gasteiger partial charge in [0.05, 0.1) is 5.75 Å². The van der Waals surface area contributed by atoms with Crippen LogP contribution in [0.1, 0.15) is 17.2 Å². The molecule has 5 nitrogen and oxygen atoms in total. The number of hydrogen-bond acceptors (Lipinski definition) is 5. The molecule has 0 saturated carbocycles. The first-order valence-corrected chi connectivity index (χ1v) is 11.9. The number of nitrogens with one attached hydrogen (secondary N) is 1. The number of sulfone groups is 1. The van der Waals surface area contributed by atoms with Crippen molar-refractivity contribution in [2.75, 3.05) is 55.2 Å². The highest BCUT2D eigenvalue weighted by atomic mass is 35.5. The number of nitrogens with zero attached hydrogens (tertiary/aromatic N) is 2. The van der Waals surface area contributed by atoms with Crippen molar-refractivity contribution in [2.24, 2.45) is 0 Å². The van der Waals surface area contributed by atoms with Crippen molar-refractivity contribution in [3.05, 3.63) is 59.1 Å². The van der Waals surface area contributed by atoms with Crippen molar-refractivity contribution < 1.29 is 8.42 Å². The van der Waals surface area contributed by atoms with Crippen LogP contribution in [0.5, 0.6) is 0 Å². The Morgan fingerprint density at radius 1 is 1.04 bits per heavy atom. The fraction of sp³-hybridized carbons (Fsp3) is 0.429. The van der Waals surface area contributed by atoms with E-state index in [1.807, 2.05) is 42.5 Å². The third-order valence-corrected chi connectivity index (χ3v) is 8.05. The molecule has 150 valence electrons. The molecule has 0 spiro atoms. The molecule has 2 aromatic rings. The van der Waals surface area contributed by atoms with Crippen LogP contribution in [0.2, 0.25) is 5.02 Å². The van der Waals surface area contributed by atoms with Gasteiger partial charge in [0.1, 0.15) is 5.25 Å². The minimum Gasteiger partial charge on any atom is -0.383 e. The van der Waals surface area contributed by atoms with E-state index in [4.69, 9.17) is 11.6 Å². The smallest absolute Gasteiger partial charge is 0.159 e. The van der Waals surface area contributed by atoms with E-state index in [-0.39, 0.29) is 5.75 Å². The van der Waals surface area contributed by atoms with Gasteiger partial charge >= 0.3 is 0 Å². The molecule has 1 atom stereocenters. The summed E-state index contributed by atoms with van der Waals surface area (Å²) in [4.78, 5) is 4.69. The van der Waals surface area contributed by atoms with Gasteiger partial charge in [-0.25, -0.2) is 8.42 Å². The van der Waals surface area contributed by atoms with Gasteiger partial charge in [0, 0.05) is 49.1 Å². The molecule has 0 aromatic heterocycles. The monoisotopic (exact) mass is 419 g/mol. The molecule has 0 bridgehead atoms. The van der Waals surface area contributed by atoms with E-state index in [0.717, 1.165) is 54.7 Å². The van der Waals surface area contributed by atoms with E-state index in [1.54, 1.807) is 0 Å². The molecule has 2 aliphatic rings. The normalized spacial score (nSPS) is 20.0. The Labute approximate surface area is 172 Å². The highest BCUT2D eigenvalue weighted by Crippen LogP contribution is 2.35. The maximum atomic E-state index is 12.8. The topological polar surface area (TPSA) is 52.7 Å². The third-order valence-electron chi connectivity index (χ3n) is 5.67. The van der Waals surface area contributed by atoms with Crippen LogP contribution in [0.3, 0.4) is 0 Å². The predicted molar refractivity (Wildman–Crippen MR) is 116 cm³/mol. The van der Waals surface area contributed by atoms with Crippen LogP contribution in [-0.2, 0) is 9.84 Å². The van der Waals surface area contributed by atoms with Gasteiger partial charge in [-0.3, -0.25) is 4.90 Å². The molecule has 28 heavy (non-hydrogen) atoms. The molecule has 0 aliphatic carbocycles. The van der Waals surface area contributed by atoms with Crippen molar-refractivity contribution in [3.8, 4) is 0 Å². The van der Waals surface area contributed by atoms with E-state index in [1.165, 1.54) is 0 Å². The van der Waals surface area contributed by atoms with Crippen molar-refractivity contribution in [1.29, 1.82) is 0 Å². The maximum Gasteiger partial charge on any atom is 0.159 e. The average molecular weight is 420 g/mol. The Kier molecular flexibility index (Phi) is 5.80. The van der Waals surface area contributed by atoms with E-state index in [9.17, 15) is 8.42 Å². The molecule has 0 amide bonds. The minimum atomic E-state index is -3.15. The van der Waals surface area contributed by atoms with Gasteiger partial charge in [-0.05, 0) is 42.8 Å². The molecular formula is C21H26ClN3O2S. The number of rotatable bonds is 6. The Balaban J connectivity index is 1.26. The summed E-state index contributed by atoms with van der Waals surface area (Å²) in [6.07, 6.45) is 0.679. The third kappa shape index (κ3) is 4.29. The molecule has 1 fully saturated rings. The van der Waals surface area contributed by atoms with Crippen LogP contribution in [0, 0.1) is 0 Å². The van der Waals surface area contributed by atoms with E-state index < -0.39 is 15.1 Å². The maximum absolute atomic E-state index is 12.8. The molecule has 1 saturated heterocycles. The summed E-state index contributed by atoms with van der Waals surface area (Å²) in [7, 11) is -3.15. The van der Waals surface area contributed by atoms with Crippen LogP contribution in [0.25, 0.3) is 0 Å². The van der Waals surface area contributed by atoms with Crippen LogP contribution >= 0.6 is 11.6 Å². The van der Waals surface area contributed by atoms with E-state index in [0.29, 0.717) is 13.0 Å². The number of hydrogen-bond donors (Lipinski definition) is 1. The van der Waals surface area contributed by atoms with Crippen LogP contribution in [0.15, 0.2) is 48.5 Å². The van der Waals surface area contributed by atoms with Crippen LogP contribution < -0.4 is 10.2 Å². The number of benzene rings is 2. The lowest BCUT2D eigenvalue weighted by molar-refractivity contribution is 0.258. The summed E-state index contributed by atoms with van der Waals surface area (Å²) in [5.41, 5.74) is 3.02. The standard InChI is InChI=1S/C21H26ClN3O2S/c22-17-5-3-6-18(15-17)25-12-10-24(11-13-25)9-4-14-28(26,27)21-16-23-20-8-2-1-7-19(20)21/h1-3,5-8,15,21,23H,4,9-14,16H2. The number of piperazine rings is 1. The second-order valence-corrected chi connectivity index (χ2v) is 10.2. The largest absolute Gasteiger partial charge is 0.383 e. The van der Waals surface area contributed by atoms with Gasteiger partial charge in [-0.2, -0.15) is 0 Å². The SMILES string of the molecule is O=S(=O)(CCCN1CCN(c2cccc(Cl)c2)CC1)C1CNc2ccccc21. The lowest BCUT2D eigenvalue weighted by Crippen LogP contribution is -2.46. The van der Waals surface area contributed by atoms with Gasteiger partial charge in [-0.1, -0.05) is 35.9 Å². The molecule has 4 rings (SSSR count). The van der Waals surface area contributed by atoms with Crippen molar-refractivity contribution in [1.82, 2.24) is 4.90 Å². The van der Waals surface area contributed by atoms with Crippen LogP contribution in [-0.4, -0.2) is 58.3 Å². The first-order chi connectivity index (χ1) is 13.5. The fourth-order valence-corrected chi connectivity index (χ4v) is 6.04. The highest BCUT2D eigenvalue weighted by molar-refractivity contribution is 7.91. The Morgan fingerprint density at radius 2 is 1.82 bits per heavy atom. The lowest BCUT2D eigenvalue weighted by atomic mass is 10.2. The quantitative estimate of drug-likeness (QED) is 0.777. The lowest BCUT2D eigenvalue weighted by Gasteiger charge is -2.36.